The second-order valence-electron chi connectivity index (χ2n) is 5.01. The first-order chi connectivity index (χ1) is 9.63. The molecular formula is C16H24N2O2. The fraction of sp³-hybridized carbons (Fsp3) is 0.438. The van der Waals surface area contributed by atoms with Gasteiger partial charge in [0.2, 0.25) is 0 Å². The van der Waals surface area contributed by atoms with Gasteiger partial charge in [0.25, 0.3) is 5.91 Å². The maximum absolute atomic E-state index is 11.5. The number of benzene rings is 1. The van der Waals surface area contributed by atoms with E-state index in [0.717, 1.165) is 24.4 Å². The van der Waals surface area contributed by atoms with E-state index < -0.39 is 0 Å². The highest BCUT2D eigenvalue weighted by atomic mass is 16.5. The molecule has 0 aliphatic rings. The minimum Gasteiger partial charge on any atom is -0.483 e. The Morgan fingerprint density at radius 3 is 2.85 bits per heavy atom. The summed E-state index contributed by atoms with van der Waals surface area (Å²) < 4.78 is 5.57. The zero-order chi connectivity index (χ0) is 14.8. The molecule has 110 valence electrons. The highest BCUT2D eigenvalue weighted by Crippen LogP contribution is 2.17. The third-order valence-electron chi connectivity index (χ3n) is 2.64. The number of carbonyl (C=O) groups is 1. The van der Waals surface area contributed by atoms with Crippen LogP contribution < -0.4 is 15.4 Å². The highest BCUT2D eigenvalue weighted by molar-refractivity contribution is 5.77. The molecule has 1 rings (SSSR count). The van der Waals surface area contributed by atoms with E-state index in [9.17, 15) is 4.79 Å². The second kappa shape index (κ2) is 9.15. The van der Waals surface area contributed by atoms with Crippen molar-refractivity contribution in [3.63, 3.8) is 0 Å². The Morgan fingerprint density at radius 1 is 1.40 bits per heavy atom. The summed E-state index contributed by atoms with van der Waals surface area (Å²) in [5, 5.41) is 6.05. The minimum absolute atomic E-state index is 0.0229. The van der Waals surface area contributed by atoms with E-state index in [0.29, 0.717) is 12.5 Å². The van der Waals surface area contributed by atoms with E-state index in [1.54, 1.807) is 6.08 Å². The van der Waals surface area contributed by atoms with Gasteiger partial charge in [-0.05, 0) is 18.5 Å². The number of nitrogens with one attached hydrogen (secondary N) is 2. The predicted molar refractivity (Wildman–Crippen MR) is 81.7 cm³/mol. The van der Waals surface area contributed by atoms with Gasteiger partial charge in [-0.25, -0.2) is 0 Å². The van der Waals surface area contributed by atoms with Crippen molar-refractivity contribution in [2.24, 2.45) is 5.92 Å². The molecule has 1 aromatic rings. The van der Waals surface area contributed by atoms with E-state index in [2.05, 4.69) is 31.1 Å². The molecule has 0 atom stereocenters. The fourth-order valence-corrected chi connectivity index (χ4v) is 1.67. The van der Waals surface area contributed by atoms with Crippen LogP contribution in [-0.2, 0) is 11.3 Å². The predicted octanol–water partition coefficient (Wildman–Crippen LogP) is 2.11. The van der Waals surface area contributed by atoms with Crippen molar-refractivity contribution >= 4 is 5.91 Å². The summed E-state index contributed by atoms with van der Waals surface area (Å²) in [4.78, 5) is 11.5. The summed E-state index contributed by atoms with van der Waals surface area (Å²) in [6, 6.07) is 7.76. The van der Waals surface area contributed by atoms with Crippen LogP contribution in [0.5, 0.6) is 5.75 Å². The van der Waals surface area contributed by atoms with E-state index in [1.165, 1.54) is 0 Å². The first-order valence-corrected chi connectivity index (χ1v) is 6.92. The molecule has 4 heteroatoms. The molecule has 0 saturated carbocycles. The van der Waals surface area contributed by atoms with Gasteiger partial charge in [-0.15, -0.1) is 6.58 Å². The summed E-state index contributed by atoms with van der Waals surface area (Å²) in [6.07, 6.45) is 1.64. The lowest BCUT2D eigenvalue weighted by Gasteiger charge is -2.13. The SMILES string of the molecule is C=CCNC(=O)COc1ccccc1CNCC(C)C. The molecule has 0 radical (unpaired) electrons. The molecular weight excluding hydrogens is 252 g/mol. The summed E-state index contributed by atoms with van der Waals surface area (Å²) in [6.45, 7) is 10.1. The molecule has 1 amide bonds. The zero-order valence-electron chi connectivity index (χ0n) is 12.3. The van der Waals surface area contributed by atoms with Gasteiger partial charge in [-0.2, -0.15) is 0 Å². The lowest BCUT2D eigenvalue weighted by atomic mass is 10.2. The molecule has 0 aliphatic heterocycles. The van der Waals surface area contributed by atoms with E-state index in [1.807, 2.05) is 24.3 Å². The largest absolute Gasteiger partial charge is 0.483 e. The van der Waals surface area contributed by atoms with E-state index in [-0.39, 0.29) is 12.5 Å². The van der Waals surface area contributed by atoms with Crippen molar-refractivity contribution in [1.82, 2.24) is 10.6 Å². The number of carbonyl (C=O) groups excluding carboxylic acids is 1. The van der Waals surface area contributed by atoms with Crippen LogP contribution in [0.3, 0.4) is 0 Å². The topological polar surface area (TPSA) is 50.4 Å². The van der Waals surface area contributed by atoms with Gasteiger partial charge in [-0.3, -0.25) is 4.79 Å². The van der Waals surface area contributed by atoms with Crippen LogP contribution in [0.1, 0.15) is 19.4 Å². The molecule has 0 aliphatic carbocycles. The van der Waals surface area contributed by atoms with E-state index >= 15 is 0 Å². The fourth-order valence-electron chi connectivity index (χ4n) is 1.67. The third kappa shape index (κ3) is 6.38. The quantitative estimate of drug-likeness (QED) is 0.679. The average Bonchev–Trinajstić information content (AvgIpc) is 2.43. The monoisotopic (exact) mass is 276 g/mol. The lowest BCUT2D eigenvalue weighted by Crippen LogP contribution is -2.29. The molecule has 0 spiro atoms. The van der Waals surface area contributed by atoms with Crippen molar-refractivity contribution in [3.05, 3.63) is 42.5 Å². The average molecular weight is 276 g/mol. The smallest absolute Gasteiger partial charge is 0.258 e. The molecule has 0 saturated heterocycles. The molecule has 0 bridgehead atoms. The third-order valence-corrected chi connectivity index (χ3v) is 2.64. The molecule has 2 N–H and O–H groups in total. The van der Waals surface area contributed by atoms with Gasteiger partial charge in [0, 0.05) is 18.7 Å². The summed E-state index contributed by atoms with van der Waals surface area (Å²) in [7, 11) is 0. The van der Waals surface area contributed by atoms with Gasteiger partial charge >= 0.3 is 0 Å². The Kier molecular flexibility index (Phi) is 7.43. The van der Waals surface area contributed by atoms with Gasteiger partial charge in [0.15, 0.2) is 6.61 Å². The summed E-state index contributed by atoms with van der Waals surface area (Å²) in [5.74, 6) is 1.21. The molecule has 20 heavy (non-hydrogen) atoms. The first kappa shape index (κ1) is 16.2. The number of ether oxygens (including phenoxy) is 1. The molecule has 4 nitrogen and oxygen atoms in total. The van der Waals surface area contributed by atoms with Crippen LogP contribution in [0.25, 0.3) is 0 Å². The Balaban J connectivity index is 2.48. The van der Waals surface area contributed by atoms with Crippen molar-refractivity contribution in [2.45, 2.75) is 20.4 Å². The Morgan fingerprint density at radius 2 is 2.15 bits per heavy atom. The maximum atomic E-state index is 11.5. The van der Waals surface area contributed by atoms with Crippen LogP contribution in [-0.4, -0.2) is 25.6 Å². The normalized spacial score (nSPS) is 10.3. The summed E-state index contributed by atoms with van der Waals surface area (Å²) >= 11 is 0. The van der Waals surface area contributed by atoms with Crippen LogP contribution >= 0.6 is 0 Å². The number of hydrogen-bond donors (Lipinski definition) is 2. The highest BCUT2D eigenvalue weighted by Gasteiger charge is 2.06. The molecule has 0 heterocycles. The maximum Gasteiger partial charge on any atom is 0.258 e. The van der Waals surface area contributed by atoms with Gasteiger partial charge in [0.05, 0.1) is 0 Å². The Hall–Kier alpha value is -1.81. The van der Waals surface area contributed by atoms with Crippen LogP contribution in [0, 0.1) is 5.92 Å². The Bertz CT molecular complexity index is 430. The zero-order valence-corrected chi connectivity index (χ0v) is 12.3. The van der Waals surface area contributed by atoms with Crippen LogP contribution in [0.2, 0.25) is 0 Å². The summed E-state index contributed by atoms with van der Waals surface area (Å²) in [5.41, 5.74) is 1.06. The van der Waals surface area contributed by atoms with Gasteiger partial charge in [-0.1, -0.05) is 38.1 Å². The molecule has 0 fully saturated rings. The minimum atomic E-state index is -0.144. The lowest BCUT2D eigenvalue weighted by molar-refractivity contribution is -0.122. The van der Waals surface area contributed by atoms with Crippen LogP contribution in [0.15, 0.2) is 36.9 Å². The van der Waals surface area contributed by atoms with Crippen molar-refractivity contribution in [3.8, 4) is 5.75 Å². The van der Waals surface area contributed by atoms with Crippen molar-refractivity contribution < 1.29 is 9.53 Å². The number of amides is 1. The molecule has 0 aromatic heterocycles. The van der Waals surface area contributed by atoms with Gasteiger partial charge < -0.3 is 15.4 Å². The number of para-hydroxylation sites is 1. The van der Waals surface area contributed by atoms with Crippen molar-refractivity contribution in [2.75, 3.05) is 19.7 Å². The van der Waals surface area contributed by atoms with E-state index in [4.69, 9.17) is 4.74 Å². The standard InChI is InChI=1S/C16H24N2O2/c1-4-9-18-16(19)12-20-15-8-6-5-7-14(15)11-17-10-13(2)3/h4-8,13,17H,1,9-12H2,2-3H3,(H,18,19). The van der Waals surface area contributed by atoms with Crippen molar-refractivity contribution in [1.29, 1.82) is 0 Å². The van der Waals surface area contributed by atoms with Gasteiger partial charge in [0.1, 0.15) is 5.75 Å². The number of hydrogen-bond acceptors (Lipinski definition) is 3. The second-order valence-corrected chi connectivity index (χ2v) is 5.01. The number of rotatable bonds is 9. The molecule has 1 aromatic carbocycles. The first-order valence-electron chi connectivity index (χ1n) is 6.92. The van der Waals surface area contributed by atoms with Crippen LogP contribution in [0.4, 0.5) is 0 Å². The molecule has 0 unspecified atom stereocenters. The Labute approximate surface area is 121 Å².